The van der Waals surface area contributed by atoms with Crippen molar-refractivity contribution in [3.8, 4) is 5.75 Å². The van der Waals surface area contributed by atoms with Gasteiger partial charge in [-0.1, -0.05) is 11.6 Å². The largest absolute Gasteiger partial charge is 0.496 e. The first-order chi connectivity index (χ1) is 10.6. The van der Waals surface area contributed by atoms with Gasteiger partial charge in [-0.25, -0.2) is 0 Å². The average molecular weight is 328 g/mol. The van der Waals surface area contributed by atoms with E-state index in [2.05, 4.69) is 10.6 Å². The minimum atomic E-state index is -0.230. The Morgan fingerprint density at radius 1 is 1.50 bits per heavy atom. The fraction of sp³-hybridized carbons (Fsp3) is 0.533. The molecule has 2 atom stereocenters. The molecular formula is C15H22ClN3O3. The number of amides is 1. The van der Waals surface area contributed by atoms with Gasteiger partial charge in [-0.05, 0) is 19.0 Å². The molecule has 1 aromatic rings. The van der Waals surface area contributed by atoms with Crippen LogP contribution in [-0.2, 0) is 4.74 Å². The van der Waals surface area contributed by atoms with E-state index in [1.54, 1.807) is 13.2 Å². The average Bonchev–Trinajstić information content (AvgIpc) is 2.54. The summed E-state index contributed by atoms with van der Waals surface area (Å²) in [5.74, 6) is 0.464. The number of methoxy groups -OCH3 is 2. The highest BCUT2D eigenvalue weighted by atomic mass is 35.5. The van der Waals surface area contributed by atoms with Crippen LogP contribution in [0.4, 0.5) is 5.69 Å². The Bertz CT molecular complexity index is 539. The third-order valence-electron chi connectivity index (χ3n) is 3.95. The Morgan fingerprint density at radius 2 is 2.27 bits per heavy atom. The molecule has 1 amide bonds. The first kappa shape index (κ1) is 16.9. The first-order valence-electron chi connectivity index (χ1n) is 7.21. The van der Waals surface area contributed by atoms with Crippen molar-refractivity contribution in [3.63, 3.8) is 0 Å². The van der Waals surface area contributed by atoms with E-state index in [0.717, 1.165) is 19.5 Å². The van der Waals surface area contributed by atoms with Crippen LogP contribution < -0.4 is 21.1 Å². The molecule has 0 unspecified atom stereocenters. The maximum atomic E-state index is 12.4. The van der Waals surface area contributed by atoms with E-state index in [0.29, 0.717) is 28.6 Å². The maximum Gasteiger partial charge on any atom is 0.255 e. The molecule has 1 heterocycles. The lowest BCUT2D eigenvalue weighted by molar-refractivity contribution is 0.0338. The van der Waals surface area contributed by atoms with Crippen LogP contribution >= 0.6 is 11.6 Å². The van der Waals surface area contributed by atoms with Gasteiger partial charge in [0, 0.05) is 32.2 Å². The van der Waals surface area contributed by atoms with Gasteiger partial charge in [0.05, 0.1) is 29.5 Å². The summed E-state index contributed by atoms with van der Waals surface area (Å²) in [5, 5.41) is 6.54. The van der Waals surface area contributed by atoms with Crippen LogP contribution in [0.25, 0.3) is 0 Å². The van der Waals surface area contributed by atoms with Gasteiger partial charge in [0.15, 0.2) is 0 Å². The molecule has 7 heteroatoms. The standard InChI is InChI=1S/C15H22ClN3O3/c1-21-13-6-12(17)11(16)5-10(13)15(20)19-7-9-3-4-18-8-14(9)22-2/h5-6,9,14,18H,3-4,7-8,17H2,1-2H3,(H,19,20)/t9-,14-/m0/s1. The van der Waals surface area contributed by atoms with E-state index in [1.807, 2.05) is 0 Å². The molecule has 1 fully saturated rings. The predicted octanol–water partition coefficient (Wildman–Crippen LogP) is 1.29. The van der Waals surface area contributed by atoms with E-state index in [1.165, 1.54) is 13.2 Å². The van der Waals surface area contributed by atoms with Gasteiger partial charge in [0.25, 0.3) is 5.91 Å². The predicted molar refractivity (Wildman–Crippen MR) is 86.5 cm³/mol. The zero-order valence-electron chi connectivity index (χ0n) is 12.8. The summed E-state index contributed by atoms with van der Waals surface area (Å²) in [6.07, 6.45) is 1.06. The highest BCUT2D eigenvalue weighted by molar-refractivity contribution is 6.33. The van der Waals surface area contributed by atoms with Crippen molar-refractivity contribution in [2.75, 3.05) is 39.6 Å². The molecule has 2 rings (SSSR count). The van der Waals surface area contributed by atoms with E-state index in [-0.39, 0.29) is 17.9 Å². The molecule has 4 N–H and O–H groups in total. The fourth-order valence-corrected chi connectivity index (χ4v) is 2.79. The van der Waals surface area contributed by atoms with Crippen molar-refractivity contribution < 1.29 is 14.3 Å². The number of piperidine rings is 1. The smallest absolute Gasteiger partial charge is 0.255 e. The van der Waals surface area contributed by atoms with Gasteiger partial charge in [-0.2, -0.15) is 0 Å². The van der Waals surface area contributed by atoms with Crippen LogP contribution in [-0.4, -0.2) is 45.9 Å². The molecule has 0 aliphatic carbocycles. The molecule has 1 aromatic carbocycles. The van der Waals surface area contributed by atoms with Gasteiger partial charge in [-0.3, -0.25) is 4.79 Å². The molecule has 0 spiro atoms. The maximum absolute atomic E-state index is 12.4. The van der Waals surface area contributed by atoms with Crippen LogP contribution in [0.2, 0.25) is 5.02 Å². The quantitative estimate of drug-likeness (QED) is 0.709. The van der Waals surface area contributed by atoms with Gasteiger partial charge in [-0.15, -0.1) is 0 Å². The molecule has 0 radical (unpaired) electrons. The molecule has 0 bridgehead atoms. The normalized spacial score (nSPS) is 21.4. The Labute approximate surface area is 135 Å². The summed E-state index contributed by atoms with van der Waals surface area (Å²) in [4.78, 5) is 12.4. The Hall–Kier alpha value is -1.50. The second-order valence-corrected chi connectivity index (χ2v) is 5.72. The van der Waals surface area contributed by atoms with Crippen molar-refractivity contribution in [2.24, 2.45) is 5.92 Å². The van der Waals surface area contributed by atoms with Crippen molar-refractivity contribution in [1.29, 1.82) is 0 Å². The SMILES string of the molecule is COc1cc(N)c(Cl)cc1C(=O)NC[C@@H]1CCNC[C@@H]1OC. The summed E-state index contributed by atoms with van der Waals surface area (Å²) in [5.41, 5.74) is 6.49. The summed E-state index contributed by atoms with van der Waals surface area (Å²) in [6.45, 7) is 2.27. The second kappa shape index (κ2) is 7.67. The number of hydrogen-bond donors (Lipinski definition) is 3. The van der Waals surface area contributed by atoms with Gasteiger partial charge in [0.2, 0.25) is 0 Å². The molecule has 0 saturated carbocycles. The van der Waals surface area contributed by atoms with Gasteiger partial charge >= 0.3 is 0 Å². The molecule has 1 aliphatic rings. The number of rotatable bonds is 5. The monoisotopic (exact) mass is 327 g/mol. The third-order valence-corrected chi connectivity index (χ3v) is 4.28. The minimum absolute atomic E-state index is 0.103. The summed E-state index contributed by atoms with van der Waals surface area (Å²) < 4.78 is 10.6. The third kappa shape index (κ3) is 3.82. The van der Waals surface area contributed by atoms with E-state index < -0.39 is 0 Å². The number of benzene rings is 1. The number of anilines is 1. The van der Waals surface area contributed by atoms with Crippen LogP contribution in [0.15, 0.2) is 12.1 Å². The lowest BCUT2D eigenvalue weighted by Crippen LogP contribution is -2.46. The van der Waals surface area contributed by atoms with Crippen molar-refractivity contribution >= 4 is 23.2 Å². The summed E-state index contributed by atoms with van der Waals surface area (Å²) >= 11 is 5.99. The van der Waals surface area contributed by atoms with E-state index in [4.69, 9.17) is 26.8 Å². The Morgan fingerprint density at radius 3 is 2.95 bits per heavy atom. The molecule has 6 nitrogen and oxygen atoms in total. The van der Waals surface area contributed by atoms with Crippen molar-refractivity contribution in [1.82, 2.24) is 10.6 Å². The summed E-state index contributed by atoms with van der Waals surface area (Å²) in [6, 6.07) is 3.08. The molecule has 22 heavy (non-hydrogen) atoms. The number of nitrogens with one attached hydrogen (secondary N) is 2. The molecule has 1 saturated heterocycles. The number of nitrogens with two attached hydrogens (primary N) is 1. The highest BCUT2D eigenvalue weighted by Crippen LogP contribution is 2.28. The van der Waals surface area contributed by atoms with E-state index >= 15 is 0 Å². The zero-order chi connectivity index (χ0) is 16.1. The number of nitrogen functional groups attached to an aromatic ring is 1. The Kier molecular flexibility index (Phi) is 5.88. The van der Waals surface area contributed by atoms with Crippen LogP contribution in [0.5, 0.6) is 5.75 Å². The molecular weight excluding hydrogens is 306 g/mol. The zero-order valence-corrected chi connectivity index (χ0v) is 13.6. The lowest BCUT2D eigenvalue weighted by Gasteiger charge is -2.31. The minimum Gasteiger partial charge on any atom is -0.496 e. The highest BCUT2D eigenvalue weighted by Gasteiger charge is 2.25. The van der Waals surface area contributed by atoms with Crippen LogP contribution in [0.3, 0.4) is 0 Å². The molecule has 0 aromatic heterocycles. The molecule has 122 valence electrons. The second-order valence-electron chi connectivity index (χ2n) is 5.31. The lowest BCUT2D eigenvalue weighted by atomic mass is 9.95. The fourth-order valence-electron chi connectivity index (χ4n) is 2.63. The van der Waals surface area contributed by atoms with Crippen LogP contribution in [0.1, 0.15) is 16.8 Å². The summed E-state index contributed by atoms with van der Waals surface area (Å²) in [7, 11) is 3.18. The number of halogens is 1. The topological polar surface area (TPSA) is 85.6 Å². The van der Waals surface area contributed by atoms with E-state index in [9.17, 15) is 4.79 Å². The van der Waals surface area contributed by atoms with Crippen molar-refractivity contribution in [3.05, 3.63) is 22.7 Å². The van der Waals surface area contributed by atoms with Crippen molar-refractivity contribution in [2.45, 2.75) is 12.5 Å². The molecule has 1 aliphatic heterocycles. The van der Waals surface area contributed by atoms with Gasteiger partial charge < -0.3 is 25.8 Å². The number of hydrogen-bond acceptors (Lipinski definition) is 5. The number of ether oxygens (including phenoxy) is 2. The van der Waals surface area contributed by atoms with Crippen LogP contribution in [0, 0.1) is 5.92 Å². The number of carbonyl (C=O) groups excluding carboxylic acids is 1. The Balaban J connectivity index is 2.04. The first-order valence-corrected chi connectivity index (χ1v) is 7.59. The van der Waals surface area contributed by atoms with Gasteiger partial charge in [0.1, 0.15) is 5.75 Å². The number of carbonyl (C=O) groups is 1.